The van der Waals surface area contributed by atoms with Crippen LogP contribution in [-0.2, 0) is 4.79 Å². The lowest BCUT2D eigenvalue weighted by Gasteiger charge is -2.31. The highest BCUT2D eigenvalue weighted by Crippen LogP contribution is 2.41. The van der Waals surface area contributed by atoms with Crippen molar-refractivity contribution in [2.24, 2.45) is 0 Å². The van der Waals surface area contributed by atoms with Gasteiger partial charge in [0.05, 0.1) is 7.11 Å². The Labute approximate surface area is 146 Å². The Morgan fingerprint density at radius 3 is 2.92 bits per heavy atom. The minimum absolute atomic E-state index is 0.0109. The molecule has 0 spiro atoms. The van der Waals surface area contributed by atoms with E-state index in [1.165, 1.54) is 17.9 Å². The molecular formula is C16H15F2N5O3. The Hall–Kier alpha value is -3.04. The monoisotopic (exact) mass is 363 g/mol. The third-order valence-corrected chi connectivity index (χ3v) is 4.45. The predicted molar refractivity (Wildman–Crippen MR) is 85.1 cm³/mol. The van der Waals surface area contributed by atoms with E-state index in [1.807, 2.05) is 0 Å². The summed E-state index contributed by atoms with van der Waals surface area (Å²) in [7, 11) is 1.36. The molecule has 10 heteroatoms. The molecule has 26 heavy (non-hydrogen) atoms. The number of carbonyl (C=O) groups excluding carboxylic acids is 1. The van der Waals surface area contributed by atoms with Crippen LogP contribution in [0.2, 0.25) is 0 Å². The summed E-state index contributed by atoms with van der Waals surface area (Å²) in [5, 5.41) is 14.7. The minimum atomic E-state index is -2.96. The molecule has 8 nitrogen and oxygen atoms in total. The molecule has 136 valence electrons. The summed E-state index contributed by atoms with van der Waals surface area (Å²) in [5.74, 6) is 0.495. The first kappa shape index (κ1) is 16.4. The Kier molecular flexibility index (Phi) is 4.02. The van der Waals surface area contributed by atoms with E-state index in [0.29, 0.717) is 29.9 Å². The summed E-state index contributed by atoms with van der Waals surface area (Å²) in [6.07, 6.45) is 1.91. The van der Waals surface area contributed by atoms with Crippen molar-refractivity contribution in [1.29, 1.82) is 0 Å². The van der Waals surface area contributed by atoms with Crippen LogP contribution in [0, 0.1) is 0 Å². The van der Waals surface area contributed by atoms with Gasteiger partial charge in [0, 0.05) is 17.7 Å². The van der Waals surface area contributed by atoms with Gasteiger partial charge >= 0.3 is 6.61 Å². The van der Waals surface area contributed by atoms with Crippen molar-refractivity contribution in [3.8, 4) is 11.5 Å². The SMILES string of the molecule is COc1cc([C@H]2C3=C(CCCC3=O)Nc3nnnn32)ccc1OC(F)F. The number of Topliss-reactive ketones (excluding diaryl/α,β-unsaturated/α-hetero) is 1. The van der Waals surface area contributed by atoms with Crippen LogP contribution in [0.15, 0.2) is 29.5 Å². The van der Waals surface area contributed by atoms with Crippen LogP contribution in [0.3, 0.4) is 0 Å². The molecule has 2 aromatic rings. The van der Waals surface area contributed by atoms with E-state index in [1.54, 1.807) is 12.1 Å². The number of nitrogens with zero attached hydrogens (tertiary/aromatic N) is 4. The molecule has 1 aromatic heterocycles. The molecule has 1 aliphatic carbocycles. The highest BCUT2D eigenvalue weighted by Gasteiger charge is 2.37. The van der Waals surface area contributed by atoms with Crippen LogP contribution in [0.4, 0.5) is 14.7 Å². The van der Waals surface area contributed by atoms with E-state index in [0.717, 1.165) is 12.1 Å². The van der Waals surface area contributed by atoms with Gasteiger partial charge in [-0.3, -0.25) is 4.79 Å². The number of allylic oxidation sites excluding steroid dienone is 2. The predicted octanol–water partition coefficient (Wildman–Crippen LogP) is 2.31. The second-order valence-electron chi connectivity index (χ2n) is 5.93. The van der Waals surface area contributed by atoms with Gasteiger partial charge in [0.15, 0.2) is 17.3 Å². The molecule has 2 heterocycles. The number of methoxy groups -OCH3 is 1. The number of nitrogens with one attached hydrogen (secondary N) is 1. The molecule has 0 fully saturated rings. The zero-order chi connectivity index (χ0) is 18.3. The largest absolute Gasteiger partial charge is 0.493 e. The van der Waals surface area contributed by atoms with E-state index < -0.39 is 12.7 Å². The number of tetrazole rings is 1. The maximum absolute atomic E-state index is 12.6. The van der Waals surface area contributed by atoms with Crippen LogP contribution in [0.5, 0.6) is 11.5 Å². The molecular weight excluding hydrogens is 348 g/mol. The third kappa shape index (κ3) is 2.67. The van der Waals surface area contributed by atoms with Gasteiger partial charge in [-0.1, -0.05) is 11.2 Å². The molecule has 1 aliphatic heterocycles. The Morgan fingerprint density at radius 2 is 2.15 bits per heavy atom. The summed E-state index contributed by atoms with van der Waals surface area (Å²) in [6, 6.07) is 4.00. The number of ketones is 1. The van der Waals surface area contributed by atoms with Crippen molar-refractivity contribution in [3.63, 3.8) is 0 Å². The van der Waals surface area contributed by atoms with Crippen LogP contribution in [0.1, 0.15) is 30.9 Å². The molecule has 1 atom stereocenters. The Bertz CT molecular complexity index is 896. The summed E-state index contributed by atoms with van der Waals surface area (Å²) >= 11 is 0. The van der Waals surface area contributed by atoms with Crippen LogP contribution >= 0.6 is 0 Å². The number of hydrogen-bond donors (Lipinski definition) is 1. The fraction of sp³-hybridized carbons (Fsp3) is 0.375. The minimum Gasteiger partial charge on any atom is -0.493 e. The van der Waals surface area contributed by atoms with Crippen LogP contribution in [-0.4, -0.2) is 39.7 Å². The standard InChI is InChI=1S/C16H15F2N5O3/c1-25-12-7-8(5-6-11(12)26-15(17)18)14-13-9(3-2-4-10(13)24)19-16-20-21-22-23(14)16/h5-7,14-15H,2-4H2,1H3,(H,19,20,22)/t14-/m0/s1. The number of hydrogen-bond acceptors (Lipinski definition) is 7. The maximum atomic E-state index is 12.6. The second-order valence-corrected chi connectivity index (χ2v) is 5.93. The Morgan fingerprint density at radius 1 is 1.31 bits per heavy atom. The molecule has 0 radical (unpaired) electrons. The number of ether oxygens (including phenoxy) is 2. The number of halogens is 2. The number of benzene rings is 1. The molecule has 2 aliphatic rings. The van der Waals surface area contributed by atoms with Gasteiger partial charge in [-0.25, -0.2) is 0 Å². The normalized spacial score (nSPS) is 19.1. The van der Waals surface area contributed by atoms with Gasteiger partial charge in [-0.05, 0) is 41.0 Å². The molecule has 0 unspecified atom stereocenters. The number of alkyl halides is 2. The van der Waals surface area contributed by atoms with Gasteiger partial charge in [0.2, 0.25) is 5.95 Å². The van der Waals surface area contributed by atoms with E-state index in [2.05, 4.69) is 25.6 Å². The lowest BCUT2D eigenvalue weighted by molar-refractivity contribution is -0.116. The molecule has 1 N–H and O–H groups in total. The smallest absolute Gasteiger partial charge is 0.387 e. The lowest BCUT2D eigenvalue weighted by atomic mass is 9.85. The number of anilines is 1. The first-order valence-electron chi connectivity index (χ1n) is 8.02. The number of rotatable bonds is 4. The fourth-order valence-electron chi connectivity index (χ4n) is 3.37. The van der Waals surface area contributed by atoms with Crippen molar-refractivity contribution < 1.29 is 23.0 Å². The van der Waals surface area contributed by atoms with Gasteiger partial charge < -0.3 is 14.8 Å². The lowest BCUT2D eigenvalue weighted by Crippen LogP contribution is -2.31. The molecule has 1 aromatic carbocycles. The van der Waals surface area contributed by atoms with Gasteiger partial charge in [0.1, 0.15) is 6.04 Å². The summed E-state index contributed by atoms with van der Waals surface area (Å²) in [4.78, 5) is 12.6. The van der Waals surface area contributed by atoms with E-state index in [4.69, 9.17) is 4.74 Å². The number of fused-ring (bicyclic) bond motifs is 1. The molecule has 0 amide bonds. The fourth-order valence-corrected chi connectivity index (χ4v) is 3.37. The van der Waals surface area contributed by atoms with Crippen molar-refractivity contribution in [2.45, 2.75) is 31.9 Å². The van der Waals surface area contributed by atoms with Crippen LogP contribution in [0.25, 0.3) is 0 Å². The third-order valence-electron chi connectivity index (χ3n) is 4.45. The number of carbonyl (C=O) groups is 1. The molecule has 0 saturated heterocycles. The second kappa shape index (κ2) is 6.36. The highest BCUT2D eigenvalue weighted by molar-refractivity contribution is 5.99. The van der Waals surface area contributed by atoms with Crippen molar-refractivity contribution >= 4 is 11.7 Å². The summed E-state index contributed by atoms with van der Waals surface area (Å²) in [5.41, 5.74) is 2.02. The quantitative estimate of drug-likeness (QED) is 0.891. The molecule has 4 rings (SSSR count). The van der Waals surface area contributed by atoms with Gasteiger partial charge in [-0.2, -0.15) is 13.5 Å². The zero-order valence-electron chi connectivity index (χ0n) is 13.8. The maximum Gasteiger partial charge on any atom is 0.387 e. The first-order chi connectivity index (χ1) is 12.6. The van der Waals surface area contributed by atoms with E-state index in [9.17, 15) is 13.6 Å². The average Bonchev–Trinajstić information content (AvgIpc) is 3.08. The van der Waals surface area contributed by atoms with Crippen molar-refractivity contribution in [3.05, 3.63) is 35.0 Å². The van der Waals surface area contributed by atoms with Crippen molar-refractivity contribution in [2.75, 3.05) is 12.4 Å². The van der Waals surface area contributed by atoms with E-state index in [-0.39, 0.29) is 17.3 Å². The van der Waals surface area contributed by atoms with E-state index >= 15 is 0 Å². The average molecular weight is 363 g/mol. The first-order valence-corrected chi connectivity index (χ1v) is 8.02. The van der Waals surface area contributed by atoms with Gasteiger partial charge in [0.25, 0.3) is 0 Å². The van der Waals surface area contributed by atoms with Crippen LogP contribution < -0.4 is 14.8 Å². The summed E-state index contributed by atoms with van der Waals surface area (Å²) < 4.78 is 36.2. The molecule has 0 bridgehead atoms. The van der Waals surface area contributed by atoms with Crippen molar-refractivity contribution in [1.82, 2.24) is 20.2 Å². The number of aromatic nitrogens is 4. The Balaban J connectivity index is 1.83. The van der Waals surface area contributed by atoms with Gasteiger partial charge in [-0.15, -0.1) is 0 Å². The topological polar surface area (TPSA) is 91.2 Å². The zero-order valence-corrected chi connectivity index (χ0v) is 13.8. The highest BCUT2D eigenvalue weighted by atomic mass is 19.3. The summed E-state index contributed by atoms with van der Waals surface area (Å²) in [6.45, 7) is -2.96. The molecule has 0 saturated carbocycles.